The Labute approximate surface area is 328 Å². The summed E-state index contributed by atoms with van der Waals surface area (Å²) in [5, 5.41) is 0. The van der Waals surface area contributed by atoms with Crippen molar-refractivity contribution in [2.45, 2.75) is 253 Å². The molecular weight excluding hydrogens is 645 g/mol. The summed E-state index contributed by atoms with van der Waals surface area (Å²) >= 11 is 0. The number of ether oxygens (including phenoxy) is 4. The number of unbranched alkanes of at least 4 members (excludes halogenated alkanes) is 24. The summed E-state index contributed by atoms with van der Waals surface area (Å²) in [4.78, 5) is 2.43. The third-order valence-corrected chi connectivity index (χ3v) is 10.3. The average molecular weight is 743 g/mol. The van der Waals surface area contributed by atoms with Gasteiger partial charge in [0.25, 0.3) is 0 Å². The van der Waals surface area contributed by atoms with E-state index in [0.717, 1.165) is 90.9 Å². The first-order chi connectivity index (χ1) is 25.2. The molecule has 0 saturated carbocycles. The van der Waals surface area contributed by atoms with Gasteiger partial charge < -0.3 is 24.7 Å². The summed E-state index contributed by atoms with van der Waals surface area (Å²) in [6, 6.07) is 0. The molecule has 0 unspecified atom stereocenters. The Balaban J connectivity index is 0. The van der Waals surface area contributed by atoms with Gasteiger partial charge in [0.15, 0.2) is 12.6 Å². The van der Waals surface area contributed by atoms with Crippen LogP contribution >= 0.6 is 0 Å². The number of rotatable bonds is 45. The summed E-state index contributed by atoms with van der Waals surface area (Å²) in [6.07, 6.45) is 40.2. The van der Waals surface area contributed by atoms with E-state index >= 15 is 0 Å². The molecule has 0 aliphatic carbocycles. The number of hydrogen-bond donors (Lipinski definition) is 1. The van der Waals surface area contributed by atoms with Crippen molar-refractivity contribution in [3.05, 3.63) is 0 Å². The molecule has 0 radical (unpaired) electrons. The van der Waals surface area contributed by atoms with Crippen molar-refractivity contribution in [2.24, 2.45) is 5.73 Å². The van der Waals surface area contributed by atoms with E-state index < -0.39 is 0 Å². The molecule has 316 valence electrons. The molecule has 0 spiro atoms. The normalized spacial score (nSPS) is 11.8. The van der Waals surface area contributed by atoms with Gasteiger partial charge in [0.2, 0.25) is 0 Å². The third kappa shape index (κ3) is 40.9. The first kappa shape index (κ1) is 53.9. The highest BCUT2D eigenvalue weighted by atomic mass is 16.7. The van der Waals surface area contributed by atoms with E-state index in [9.17, 15) is 0 Å². The van der Waals surface area contributed by atoms with Crippen LogP contribution in [0.1, 0.15) is 241 Å². The number of hydrogen-bond acceptors (Lipinski definition) is 6. The molecule has 2 N–H and O–H groups in total. The molecule has 0 aromatic heterocycles. The Kier molecular flexibility index (Phi) is 48.6. The van der Waals surface area contributed by atoms with Crippen LogP contribution in [0.3, 0.4) is 0 Å². The van der Waals surface area contributed by atoms with Crippen molar-refractivity contribution in [3.63, 3.8) is 0 Å². The van der Waals surface area contributed by atoms with Gasteiger partial charge in [-0.25, -0.2) is 0 Å². The first-order valence-electron chi connectivity index (χ1n) is 23.1. The van der Waals surface area contributed by atoms with Crippen molar-refractivity contribution < 1.29 is 18.9 Å². The summed E-state index contributed by atoms with van der Waals surface area (Å²) in [6.45, 7) is 15.3. The highest BCUT2D eigenvalue weighted by Crippen LogP contribution is 2.15. The maximum absolute atomic E-state index is 6.26. The van der Waals surface area contributed by atoms with Gasteiger partial charge in [-0.05, 0) is 77.3 Å². The van der Waals surface area contributed by atoms with Crippen LogP contribution in [0.4, 0.5) is 0 Å². The molecule has 6 heteroatoms. The van der Waals surface area contributed by atoms with E-state index in [1.807, 2.05) is 0 Å². The van der Waals surface area contributed by atoms with E-state index in [0.29, 0.717) is 6.67 Å². The topological polar surface area (TPSA) is 66.2 Å². The maximum atomic E-state index is 6.26. The molecule has 0 rings (SSSR count). The van der Waals surface area contributed by atoms with Crippen molar-refractivity contribution in [2.75, 3.05) is 46.2 Å². The first-order valence-corrected chi connectivity index (χ1v) is 23.1. The molecule has 0 bridgehead atoms. The lowest BCUT2D eigenvalue weighted by molar-refractivity contribution is -0.148. The molecule has 0 amide bonds. The number of nitrogens with zero attached hydrogens (tertiary/aromatic N) is 1. The molecule has 6 nitrogen and oxygen atoms in total. The molecule has 0 aromatic carbocycles. The third-order valence-electron chi connectivity index (χ3n) is 10.3. The molecule has 52 heavy (non-hydrogen) atoms. The van der Waals surface area contributed by atoms with E-state index in [1.165, 1.54) is 154 Å². The fourth-order valence-corrected chi connectivity index (χ4v) is 6.76. The molecular formula is C46H98N2O4. The van der Waals surface area contributed by atoms with Gasteiger partial charge in [0, 0.05) is 33.1 Å². The molecule has 0 aliphatic heterocycles. The minimum absolute atomic E-state index is 0. The van der Waals surface area contributed by atoms with E-state index in [2.05, 4.69) is 32.6 Å². The zero-order valence-corrected chi connectivity index (χ0v) is 35.4. The van der Waals surface area contributed by atoms with E-state index in [4.69, 9.17) is 24.7 Å². The van der Waals surface area contributed by atoms with Crippen molar-refractivity contribution in [3.8, 4) is 0 Å². The Morgan fingerprint density at radius 2 is 0.596 bits per heavy atom. The van der Waals surface area contributed by atoms with Crippen molar-refractivity contribution in [1.82, 2.24) is 4.90 Å². The lowest BCUT2D eigenvalue weighted by atomic mass is 10.1. The van der Waals surface area contributed by atoms with Crippen LogP contribution in [0.15, 0.2) is 0 Å². The fourth-order valence-electron chi connectivity index (χ4n) is 6.76. The predicted octanol–water partition coefficient (Wildman–Crippen LogP) is 14.1. The van der Waals surface area contributed by atoms with Crippen LogP contribution in [0, 0.1) is 0 Å². The Hall–Kier alpha value is -0.240. The van der Waals surface area contributed by atoms with Crippen LogP contribution < -0.4 is 5.73 Å². The largest absolute Gasteiger partial charge is 0.353 e. The predicted molar refractivity (Wildman–Crippen MR) is 229 cm³/mol. The second-order valence-corrected chi connectivity index (χ2v) is 15.4. The van der Waals surface area contributed by atoms with Gasteiger partial charge >= 0.3 is 0 Å². The summed E-state index contributed by atoms with van der Waals surface area (Å²) in [5.41, 5.74) is 6.17. The molecule has 0 heterocycles. The summed E-state index contributed by atoms with van der Waals surface area (Å²) in [7, 11) is 0. The lowest BCUT2D eigenvalue weighted by Crippen LogP contribution is -2.32. The van der Waals surface area contributed by atoms with Crippen LogP contribution in [-0.4, -0.2) is 63.7 Å². The SMILES string of the molecule is C.CCCCCCCCOC(CCCCCN(CN)CCCCCC(OCCCCCCCC)OCCCCCCCC)OCCCCCCCC. The minimum atomic E-state index is -0.0322. The van der Waals surface area contributed by atoms with Gasteiger partial charge in [-0.1, -0.05) is 176 Å². The second-order valence-electron chi connectivity index (χ2n) is 15.4. The van der Waals surface area contributed by atoms with Crippen LogP contribution in [0.25, 0.3) is 0 Å². The van der Waals surface area contributed by atoms with E-state index in [-0.39, 0.29) is 20.0 Å². The van der Waals surface area contributed by atoms with Crippen LogP contribution in [0.5, 0.6) is 0 Å². The van der Waals surface area contributed by atoms with Gasteiger partial charge in [-0.15, -0.1) is 0 Å². The fraction of sp³-hybridized carbons (Fsp3) is 1.00. The highest BCUT2D eigenvalue weighted by molar-refractivity contribution is 4.59. The standard InChI is InChI=1S/C45H94N2O4.CH4/c1-5-9-13-17-21-31-39-48-44(49-40-32-22-18-14-10-6-2)35-27-25-29-37-47(43-46)38-30-26-28-36-45(50-41-33-23-19-15-11-7-3)51-42-34-24-20-16-12-8-4;/h44-45H,5-43,46H2,1-4H3;1H4. The molecule has 0 aliphatic rings. The van der Waals surface area contributed by atoms with Gasteiger partial charge in [-0.3, -0.25) is 4.90 Å². The zero-order chi connectivity index (χ0) is 37.1. The van der Waals surface area contributed by atoms with Gasteiger partial charge in [0.1, 0.15) is 0 Å². The summed E-state index contributed by atoms with van der Waals surface area (Å²) < 4.78 is 25.0. The van der Waals surface area contributed by atoms with Gasteiger partial charge in [0.05, 0.1) is 0 Å². The van der Waals surface area contributed by atoms with Crippen molar-refractivity contribution >= 4 is 0 Å². The quantitative estimate of drug-likeness (QED) is 0.0495. The minimum Gasteiger partial charge on any atom is -0.353 e. The molecule has 0 fully saturated rings. The smallest absolute Gasteiger partial charge is 0.157 e. The van der Waals surface area contributed by atoms with Crippen LogP contribution in [0.2, 0.25) is 0 Å². The van der Waals surface area contributed by atoms with E-state index in [1.54, 1.807) is 0 Å². The second kappa shape index (κ2) is 46.9. The maximum Gasteiger partial charge on any atom is 0.157 e. The zero-order valence-electron chi connectivity index (χ0n) is 35.4. The van der Waals surface area contributed by atoms with Crippen LogP contribution in [-0.2, 0) is 18.9 Å². The van der Waals surface area contributed by atoms with Crippen molar-refractivity contribution in [1.29, 1.82) is 0 Å². The van der Waals surface area contributed by atoms with Gasteiger partial charge in [-0.2, -0.15) is 0 Å². The molecule has 0 aromatic rings. The monoisotopic (exact) mass is 743 g/mol. The average Bonchev–Trinajstić information content (AvgIpc) is 3.14. The lowest BCUT2D eigenvalue weighted by Gasteiger charge is -2.22. The molecule has 0 atom stereocenters. The Morgan fingerprint density at radius 1 is 0.346 bits per heavy atom. The number of nitrogens with two attached hydrogens (primary N) is 1. The Bertz CT molecular complexity index is 539. The Morgan fingerprint density at radius 3 is 0.865 bits per heavy atom. The summed E-state index contributed by atoms with van der Waals surface area (Å²) in [5.74, 6) is 0. The highest BCUT2D eigenvalue weighted by Gasteiger charge is 2.12. The molecule has 0 saturated heterocycles.